The molecule has 4 nitrogen and oxygen atoms in total. The van der Waals surface area contributed by atoms with Crippen molar-refractivity contribution in [2.24, 2.45) is 0 Å². The van der Waals surface area contributed by atoms with Gasteiger partial charge in [0.1, 0.15) is 0 Å². The van der Waals surface area contributed by atoms with Crippen molar-refractivity contribution in [3.63, 3.8) is 0 Å². The molecule has 2 N–H and O–H groups in total. The Kier molecular flexibility index (Phi) is 5.44. The molecule has 0 bridgehead atoms. The topological polar surface area (TPSA) is 52.6 Å². The predicted molar refractivity (Wildman–Crippen MR) is 74.0 cm³/mol. The molecule has 0 heterocycles. The van der Waals surface area contributed by atoms with Gasteiger partial charge in [-0.05, 0) is 24.6 Å². The van der Waals surface area contributed by atoms with Crippen LogP contribution in [0, 0.1) is 0 Å². The first-order chi connectivity index (χ1) is 8.45. The molecule has 100 valence electrons. The highest BCUT2D eigenvalue weighted by atomic mass is 35.5. The predicted octanol–water partition coefficient (Wildman–Crippen LogP) is 1.97. The second-order valence-corrected chi connectivity index (χ2v) is 4.64. The summed E-state index contributed by atoms with van der Waals surface area (Å²) in [5.41, 5.74) is 1.63. The number of hydrogen-bond donors (Lipinski definition) is 2. The molecule has 0 unspecified atom stereocenters. The van der Waals surface area contributed by atoms with E-state index in [1.807, 2.05) is 24.1 Å². The third kappa shape index (κ3) is 3.89. The number of amides is 1. The summed E-state index contributed by atoms with van der Waals surface area (Å²) in [5.74, 6) is -0.00132. The zero-order valence-corrected chi connectivity index (χ0v) is 11.7. The van der Waals surface area contributed by atoms with Gasteiger partial charge < -0.3 is 15.3 Å². The Balaban J connectivity index is 2.74. The van der Waals surface area contributed by atoms with Crippen LogP contribution in [0.3, 0.4) is 0 Å². The summed E-state index contributed by atoms with van der Waals surface area (Å²) in [6.45, 7) is 2.29. The molecule has 1 aromatic carbocycles. The average Bonchev–Trinajstić information content (AvgIpc) is 2.35. The monoisotopic (exact) mass is 270 g/mol. The van der Waals surface area contributed by atoms with Gasteiger partial charge in [0.25, 0.3) is 0 Å². The van der Waals surface area contributed by atoms with Gasteiger partial charge in [0, 0.05) is 27.1 Å². The molecule has 0 saturated heterocycles. The average molecular weight is 271 g/mol. The summed E-state index contributed by atoms with van der Waals surface area (Å²) in [6, 6.07) is 5.44. The van der Waals surface area contributed by atoms with Gasteiger partial charge in [-0.15, -0.1) is 0 Å². The van der Waals surface area contributed by atoms with Crippen LogP contribution in [0.15, 0.2) is 18.2 Å². The Morgan fingerprint density at radius 1 is 1.56 bits per heavy atom. The van der Waals surface area contributed by atoms with E-state index in [0.29, 0.717) is 18.0 Å². The van der Waals surface area contributed by atoms with E-state index in [1.165, 1.54) is 0 Å². The number of hydrogen-bond acceptors (Lipinski definition) is 3. The Labute approximate surface area is 113 Å². The smallest absolute Gasteiger partial charge is 0.221 e. The quantitative estimate of drug-likeness (QED) is 0.860. The molecule has 1 atom stereocenters. The summed E-state index contributed by atoms with van der Waals surface area (Å²) >= 11 is 6.16. The largest absolute Gasteiger partial charge is 0.389 e. The number of aliphatic hydroxyl groups is 1. The lowest BCUT2D eigenvalue weighted by Gasteiger charge is -2.21. The molecule has 0 spiro atoms. The van der Waals surface area contributed by atoms with Crippen molar-refractivity contribution < 1.29 is 9.90 Å². The fourth-order valence-corrected chi connectivity index (χ4v) is 1.94. The van der Waals surface area contributed by atoms with Gasteiger partial charge in [0.05, 0.1) is 16.8 Å². The van der Waals surface area contributed by atoms with Crippen LogP contribution in [0.5, 0.6) is 0 Å². The van der Waals surface area contributed by atoms with E-state index in [-0.39, 0.29) is 5.91 Å². The molecule has 0 fully saturated rings. The van der Waals surface area contributed by atoms with Gasteiger partial charge in [0.15, 0.2) is 0 Å². The highest BCUT2D eigenvalue weighted by Gasteiger charge is 2.10. The van der Waals surface area contributed by atoms with Crippen LogP contribution in [-0.4, -0.2) is 31.7 Å². The molecule has 0 aliphatic rings. The van der Waals surface area contributed by atoms with Crippen molar-refractivity contribution in [1.82, 2.24) is 5.32 Å². The number of aliphatic hydroxyl groups excluding tert-OH is 1. The maximum Gasteiger partial charge on any atom is 0.221 e. The SMILES string of the molecule is CNC(=O)CCN(C)c1ccc([C@@H](C)O)cc1Cl. The highest BCUT2D eigenvalue weighted by Crippen LogP contribution is 2.28. The van der Waals surface area contributed by atoms with Crippen molar-refractivity contribution in [2.45, 2.75) is 19.4 Å². The van der Waals surface area contributed by atoms with Crippen LogP contribution in [0.25, 0.3) is 0 Å². The summed E-state index contributed by atoms with van der Waals surface area (Å²) in [4.78, 5) is 13.1. The van der Waals surface area contributed by atoms with Gasteiger partial charge in [0.2, 0.25) is 5.91 Å². The Hall–Kier alpha value is -1.26. The lowest BCUT2D eigenvalue weighted by atomic mass is 10.1. The minimum absolute atomic E-state index is 0.00132. The summed E-state index contributed by atoms with van der Waals surface area (Å²) in [5, 5.41) is 12.6. The van der Waals surface area contributed by atoms with E-state index in [1.54, 1.807) is 20.0 Å². The molecule has 0 aliphatic carbocycles. The number of nitrogens with one attached hydrogen (secondary N) is 1. The minimum Gasteiger partial charge on any atom is -0.389 e. The van der Waals surface area contributed by atoms with E-state index in [4.69, 9.17) is 11.6 Å². The first-order valence-corrected chi connectivity index (χ1v) is 6.22. The summed E-state index contributed by atoms with van der Waals surface area (Å²) in [7, 11) is 3.50. The molecule has 1 aromatic rings. The maximum atomic E-state index is 11.2. The molecule has 0 radical (unpaired) electrons. The van der Waals surface area contributed by atoms with E-state index in [2.05, 4.69) is 5.32 Å². The van der Waals surface area contributed by atoms with Crippen LogP contribution in [-0.2, 0) is 4.79 Å². The standard InChI is InChI=1S/C13H19ClN2O2/c1-9(17)10-4-5-12(11(14)8-10)16(3)7-6-13(18)15-2/h4-5,8-9,17H,6-7H2,1-3H3,(H,15,18)/t9-/m1/s1. The molecule has 18 heavy (non-hydrogen) atoms. The van der Waals surface area contributed by atoms with Gasteiger partial charge in [-0.2, -0.15) is 0 Å². The first-order valence-electron chi connectivity index (χ1n) is 5.85. The zero-order chi connectivity index (χ0) is 13.7. The molecule has 1 amide bonds. The fourth-order valence-electron chi connectivity index (χ4n) is 1.61. The van der Waals surface area contributed by atoms with Gasteiger partial charge >= 0.3 is 0 Å². The van der Waals surface area contributed by atoms with Crippen LogP contribution < -0.4 is 10.2 Å². The highest BCUT2D eigenvalue weighted by molar-refractivity contribution is 6.33. The van der Waals surface area contributed by atoms with E-state index >= 15 is 0 Å². The van der Waals surface area contributed by atoms with Gasteiger partial charge in [-0.1, -0.05) is 17.7 Å². The number of carbonyl (C=O) groups excluding carboxylic acids is 1. The van der Waals surface area contributed by atoms with Crippen LogP contribution in [0.4, 0.5) is 5.69 Å². The Morgan fingerprint density at radius 3 is 2.72 bits per heavy atom. The third-order valence-electron chi connectivity index (χ3n) is 2.82. The lowest BCUT2D eigenvalue weighted by Crippen LogP contribution is -2.26. The fraction of sp³-hybridized carbons (Fsp3) is 0.462. The number of halogens is 1. The van der Waals surface area contributed by atoms with Crippen LogP contribution in [0.2, 0.25) is 5.02 Å². The number of benzene rings is 1. The molecule has 1 rings (SSSR count). The number of nitrogens with zero attached hydrogens (tertiary/aromatic N) is 1. The van der Waals surface area contributed by atoms with Crippen molar-refractivity contribution in [2.75, 3.05) is 25.5 Å². The van der Waals surface area contributed by atoms with Crippen molar-refractivity contribution in [3.05, 3.63) is 28.8 Å². The lowest BCUT2D eigenvalue weighted by molar-refractivity contribution is -0.120. The summed E-state index contributed by atoms with van der Waals surface area (Å²) in [6.07, 6.45) is -0.116. The maximum absolute atomic E-state index is 11.2. The van der Waals surface area contributed by atoms with Crippen molar-refractivity contribution >= 4 is 23.2 Å². The number of rotatable bonds is 5. The van der Waals surface area contributed by atoms with Crippen molar-refractivity contribution in [3.8, 4) is 0 Å². The van der Waals surface area contributed by atoms with Crippen LogP contribution in [0.1, 0.15) is 25.0 Å². The first kappa shape index (κ1) is 14.8. The van der Waals surface area contributed by atoms with Gasteiger partial charge in [-0.3, -0.25) is 4.79 Å². The third-order valence-corrected chi connectivity index (χ3v) is 3.12. The molecular formula is C13H19ClN2O2. The second-order valence-electron chi connectivity index (χ2n) is 4.23. The number of anilines is 1. The Bertz CT molecular complexity index is 421. The molecule has 0 aliphatic heterocycles. The zero-order valence-electron chi connectivity index (χ0n) is 10.9. The van der Waals surface area contributed by atoms with Crippen molar-refractivity contribution in [1.29, 1.82) is 0 Å². The summed E-state index contributed by atoms with van der Waals surface area (Å²) < 4.78 is 0. The van der Waals surface area contributed by atoms with E-state index < -0.39 is 6.10 Å². The van der Waals surface area contributed by atoms with E-state index in [9.17, 15) is 9.90 Å². The molecule has 5 heteroatoms. The normalized spacial score (nSPS) is 12.1. The second kappa shape index (κ2) is 6.61. The van der Waals surface area contributed by atoms with E-state index in [0.717, 1.165) is 11.3 Å². The Morgan fingerprint density at radius 2 is 2.22 bits per heavy atom. The van der Waals surface area contributed by atoms with Crippen LogP contribution >= 0.6 is 11.6 Å². The van der Waals surface area contributed by atoms with Gasteiger partial charge in [-0.25, -0.2) is 0 Å². The minimum atomic E-state index is -0.535. The molecule has 0 saturated carbocycles. The number of carbonyl (C=O) groups is 1. The molecule has 0 aromatic heterocycles. The molecular weight excluding hydrogens is 252 g/mol.